The van der Waals surface area contributed by atoms with Gasteiger partial charge in [0.2, 0.25) is 0 Å². The van der Waals surface area contributed by atoms with Crippen molar-refractivity contribution in [2.75, 3.05) is 92.0 Å². The van der Waals surface area contributed by atoms with Crippen LogP contribution in [0.2, 0.25) is 0 Å². The summed E-state index contributed by atoms with van der Waals surface area (Å²) in [5.41, 5.74) is 43.8. The van der Waals surface area contributed by atoms with Gasteiger partial charge in [0.25, 0.3) is 0 Å². The fourth-order valence-corrected chi connectivity index (χ4v) is 12.7. The second kappa shape index (κ2) is 89.1. The molecule has 0 aliphatic rings. The normalized spacial score (nSPS) is 11.9. The maximum atomic E-state index is 11.2. The minimum atomic E-state index is -1.83. The van der Waals surface area contributed by atoms with Crippen molar-refractivity contribution >= 4 is 234 Å². The Kier molecular flexibility index (Phi) is 100. The van der Waals surface area contributed by atoms with Gasteiger partial charge in [-0.2, -0.15) is 94.1 Å². The number of carboxylic acids is 8. The predicted molar refractivity (Wildman–Crippen MR) is 442 cm³/mol. The van der Waals surface area contributed by atoms with Crippen molar-refractivity contribution in [3.8, 4) is 0 Å². The molecule has 0 rings (SSSR count). The van der Waals surface area contributed by atoms with E-state index in [9.17, 15) is 156 Å². The molecule has 40 nitrogen and oxygen atoms in total. The Morgan fingerprint density at radius 2 is 0.254 bits per heavy atom. The zero-order valence-corrected chi connectivity index (χ0v) is 80.6. The van der Waals surface area contributed by atoms with Gasteiger partial charge < -0.3 is 125 Å². The third kappa shape index (κ3) is 86.8. The van der Waals surface area contributed by atoms with Crippen molar-refractivity contribution in [1.29, 1.82) is 0 Å². The SMILES string of the molecule is CCSCC[C@H](N)C(=O)CC(=O)C(=O)[O-].CCSCC[C@H](N)C(=O)CC(=O)C(=O)[O-].CCSCC[C@H](N)C(=O)CC(=O)C(=O)[O-].CCSCC[C@H](N)C(=O)CC(=O)C(=O)[O-].CCSCC[C@H](N)C(=O)CC(=O)C(=O)[O-].CCSCC[C@H](N)C(=O)CC(=O)C(=O)[O-].CCSCC[C@H](N)C(=O)CC(=O)C(=O)[O-].CCSCC[C@H](N)C(=O)CC(=O)C(=O)[O-].[Zr+4].[Zr+4]. The van der Waals surface area contributed by atoms with Gasteiger partial charge in [-0.1, -0.05) is 55.4 Å². The molecule has 0 amide bonds. The van der Waals surface area contributed by atoms with Crippen LogP contribution in [0.4, 0.5) is 0 Å². The average molecular weight is 2040 g/mol. The Labute approximate surface area is 780 Å². The van der Waals surface area contributed by atoms with Gasteiger partial charge >= 0.3 is 52.4 Å². The number of thioether (sulfide) groups is 8. The number of hydrogen-bond acceptors (Lipinski definition) is 48. The van der Waals surface area contributed by atoms with Crippen molar-refractivity contribution in [1.82, 2.24) is 0 Å². The van der Waals surface area contributed by atoms with Gasteiger partial charge in [-0.15, -0.1) is 0 Å². The van der Waals surface area contributed by atoms with E-state index in [-0.39, 0.29) is 52.4 Å². The number of ketones is 16. The predicted octanol–water partition coefficient (Wildman–Crippen LogP) is -10.1. The minimum absolute atomic E-state index is 0. The van der Waals surface area contributed by atoms with Crippen molar-refractivity contribution in [3.05, 3.63) is 0 Å². The van der Waals surface area contributed by atoms with Gasteiger partial charge in [0.1, 0.15) is 47.8 Å². The van der Waals surface area contributed by atoms with Crippen LogP contribution in [0.15, 0.2) is 0 Å². The first-order valence-electron chi connectivity index (χ1n) is 36.7. The molecule has 0 aromatic rings. The van der Waals surface area contributed by atoms with Crippen molar-refractivity contribution in [2.45, 2.75) is 206 Å². The topological polar surface area (TPSA) is 802 Å². The Hall–Kier alpha value is -5.27. The molecule has 0 spiro atoms. The molecule has 0 unspecified atom stereocenters. The average Bonchev–Trinajstić information content (AvgIpc) is 0.984. The molecule has 688 valence electrons. The maximum absolute atomic E-state index is 11.2. The summed E-state index contributed by atoms with van der Waals surface area (Å²) in [5.74, 6) is -15.4. The fraction of sp³-hybridized carbons (Fsp3) is 0.667. The number of carbonyl (C=O) groups excluding carboxylic acids is 24. The van der Waals surface area contributed by atoms with Crippen LogP contribution in [0.1, 0.15) is 158 Å². The number of hydrogen-bond donors (Lipinski definition) is 8. The van der Waals surface area contributed by atoms with Crippen LogP contribution in [0, 0.1) is 0 Å². The third-order valence-corrected chi connectivity index (χ3v) is 21.5. The van der Waals surface area contributed by atoms with E-state index in [0.717, 1.165) is 92.0 Å². The van der Waals surface area contributed by atoms with Gasteiger partial charge in [-0.05, 0) is 143 Å². The quantitative estimate of drug-likeness (QED) is 0.0159. The zero-order valence-electron chi connectivity index (χ0n) is 69.2. The number of carbonyl (C=O) groups is 24. The van der Waals surface area contributed by atoms with Crippen LogP contribution in [-0.4, -0.2) is 281 Å². The van der Waals surface area contributed by atoms with Crippen LogP contribution < -0.4 is 86.7 Å². The molecule has 0 aliphatic heterocycles. The molecule has 0 aromatic carbocycles. The van der Waals surface area contributed by atoms with E-state index in [0.29, 0.717) is 51.4 Å². The molecule has 16 N–H and O–H groups in total. The summed E-state index contributed by atoms with van der Waals surface area (Å²) in [5, 5.41) is 80.5. The standard InChI is InChI=1S/8C9H15NO4S.2Zr/c8*1-2-15-4-3-6(10)7(11)5-8(12)9(13)14;;/h8*6H,2-5,10H2,1H3,(H,13,14);;/q;;;;;;;;2*+4/p-8/t8*6-;;/m00000000../s1. The van der Waals surface area contributed by atoms with E-state index in [2.05, 4.69) is 0 Å². The third-order valence-electron chi connectivity index (χ3n) is 14.0. The Bertz CT molecular complexity index is 2670. The molecule has 50 heteroatoms. The Morgan fingerprint density at radius 1 is 0.180 bits per heavy atom. The first-order chi connectivity index (χ1) is 55.9. The summed E-state index contributed by atoms with van der Waals surface area (Å²) in [6.07, 6.45) is -1.68. The fourth-order valence-electron chi connectivity index (χ4n) is 7.02. The molecule has 0 bridgehead atoms. The first-order valence-corrected chi connectivity index (χ1v) is 45.9. The number of nitrogens with two attached hydrogens (primary N) is 8. The van der Waals surface area contributed by atoms with Crippen LogP contribution in [0.5, 0.6) is 0 Å². The maximum Gasteiger partial charge on any atom is 4.00 e. The second-order valence-electron chi connectivity index (χ2n) is 23.6. The molecule has 0 radical (unpaired) electrons. The molecule has 0 saturated heterocycles. The van der Waals surface area contributed by atoms with Crippen LogP contribution in [0.3, 0.4) is 0 Å². The minimum Gasteiger partial charge on any atom is -0.542 e. The Balaban J connectivity index is -0.000000147. The van der Waals surface area contributed by atoms with E-state index in [1.807, 2.05) is 55.4 Å². The van der Waals surface area contributed by atoms with Crippen LogP contribution in [0.25, 0.3) is 0 Å². The van der Waals surface area contributed by atoms with Crippen molar-refractivity contribution < 1.29 is 208 Å². The van der Waals surface area contributed by atoms with Crippen LogP contribution >= 0.6 is 94.1 Å². The van der Waals surface area contributed by atoms with Gasteiger partial charge in [-0.25, -0.2) is 0 Å². The summed E-state index contributed by atoms with van der Waals surface area (Å²) in [4.78, 5) is 255. The summed E-state index contributed by atoms with van der Waals surface area (Å²) >= 11 is 13.1. The number of carboxylic acid groups (broad SMARTS) is 8. The van der Waals surface area contributed by atoms with Crippen LogP contribution in [-0.2, 0) is 167 Å². The molecule has 0 saturated carbocycles. The molecule has 8 atom stereocenters. The van der Waals surface area contributed by atoms with E-state index in [4.69, 9.17) is 45.9 Å². The summed E-state index contributed by atoms with van der Waals surface area (Å²) in [6, 6.07) is -6.06. The molecule has 0 aromatic heterocycles. The van der Waals surface area contributed by atoms with Crippen molar-refractivity contribution in [3.63, 3.8) is 0 Å². The summed E-state index contributed by atoms with van der Waals surface area (Å²) in [6.45, 7) is 15.9. The Morgan fingerprint density at radius 3 is 0.311 bits per heavy atom. The molecular weight excluding hydrogens is 1930 g/mol. The number of aliphatic carboxylic acids is 8. The van der Waals surface area contributed by atoms with Gasteiger partial charge in [0.05, 0.1) is 99.7 Å². The molecular formula is C72H112N8O32S8Zr2. The van der Waals surface area contributed by atoms with E-state index in [1.165, 1.54) is 0 Å². The number of Topliss-reactive ketones (excluding diaryl/α,β-unsaturated/α-hetero) is 16. The van der Waals surface area contributed by atoms with E-state index < -0.39 is 240 Å². The summed E-state index contributed by atoms with van der Waals surface area (Å²) < 4.78 is 0. The van der Waals surface area contributed by atoms with E-state index >= 15 is 0 Å². The number of rotatable bonds is 64. The molecule has 0 aliphatic carbocycles. The molecule has 122 heavy (non-hydrogen) atoms. The van der Waals surface area contributed by atoms with Gasteiger partial charge in [0, 0.05) is 0 Å². The first kappa shape index (κ1) is 137. The monoisotopic (exact) mass is 2040 g/mol. The van der Waals surface area contributed by atoms with E-state index in [1.54, 1.807) is 94.1 Å². The summed E-state index contributed by atoms with van der Waals surface area (Å²) in [7, 11) is 0. The molecule has 0 fully saturated rings. The second-order valence-corrected chi connectivity index (χ2v) is 34.7. The van der Waals surface area contributed by atoms with Gasteiger partial charge in [0.15, 0.2) is 92.5 Å². The molecule has 0 heterocycles. The van der Waals surface area contributed by atoms with Gasteiger partial charge in [-0.3, -0.25) is 76.7 Å². The van der Waals surface area contributed by atoms with Crippen molar-refractivity contribution in [2.24, 2.45) is 45.9 Å². The smallest absolute Gasteiger partial charge is 0.542 e. The zero-order chi connectivity index (χ0) is 94.8. The largest absolute Gasteiger partial charge is 4.00 e.